The van der Waals surface area contributed by atoms with E-state index in [2.05, 4.69) is 21.2 Å². The summed E-state index contributed by atoms with van der Waals surface area (Å²) in [6, 6.07) is 13.6. The molecule has 0 radical (unpaired) electrons. The van der Waals surface area contributed by atoms with E-state index in [0.29, 0.717) is 41.8 Å². The number of hydrogen-bond donors (Lipinski definition) is 1. The maximum atomic E-state index is 12.6. The van der Waals surface area contributed by atoms with E-state index >= 15 is 0 Å². The molecule has 1 N–H and O–H groups in total. The first-order chi connectivity index (χ1) is 12.9. The summed E-state index contributed by atoms with van der Waals surface area (Å²) in [6.45, 7) is 1.87. The molecule has 9 heteroatoms. The fourth-order valence-corrected chi connectivity index (χ4v) is 5.02. The summed E-state index contributed by atoms with van der Waals surface area (Å²) in [4.78, 5) is 14.5. The first-order valence-corrected chi connectivity index (χ1v) is 11.0. The minimum absolute atomic E-state index is 0.182. The van der Waals surface area contributed by atoms with E-state index in [9.17, 15) is 13.2 Å². The van der Waals surface area contributed by atoms with Gasteiger partial charge in [-0.15, -0.1) is 0 Å². The van der Waals surface area contributed by atoms with Crippen LogP contribution in [0, 0.1) is 0 Å². The van der Waals surface area contributed by atoms with Crippen molar-refractivity contribution in [2.75, 3.05) is 38.0 Å². The third kappa shape index (κ3) is 5.08. The molecule has 27 heavy (non-hydrogen) atoms. The molecule has 2 aromatic carbocycles. The molecule has 2 aromatic rings. The summed E-state index contributed by atoms with van der Waals surface area (Å²) in [5, 5.41) is 3.24. The minimum atomic E-state index is -3.49. The lowest BCUT2D eigenvalue weighted by Gasteiger charge is -2.33. The molecular weight excluding hydrogens is 454 g/mol. The number of sulfonamides is 1. The van der Waals surface area contributed by atoms with Crippen LogP contribution in [0.5, 0.6) is 0 Å². The Morgan fingerprint density at radius 2 is 1.74 bits per heavy atom. The Morgan fingerprint density at radius 3 is 2.37 bits per heavy atom. The monoisotopic (exact) mass is 471 g/mol. The number of hydrogen-bond acceptors (Lipinski definition) is 4. The molecule has 0 atom stereocenters. The molecule has 0 saturated carbocycles. The second kappa shape index (κ2) is 8.70. The normalized spacial score (nSPS) is 16.2. The zero-order valence-corrected chi connectivity index (χ0v) is 17.6. The Balaban J connectivity index is 1.54. The molecule has 1 aliphatic heterocycles. The standard InChI is InChI=1S/C18H19BrClN3O3S/c19-14-6-7-17(16(20)12-14)21-18(24)13-22-8-10-23(11-9-22)27(25,26)15-4-2-1-3-5-15/h1-7,12H,8-11,13H2,(H,21,24). The fourth-order valence-electron chi connectivity index (χ4n) is 2.85. The van der Waals surface area contributed by atoms with Crippen LogP contribution in [0.25, 0.3) is 0 Å². The molecule has 6 nitrogen and oxygen atoms in total. The van der Waals surface area contributed by atoms with Crippen LogP contribution in [-0.4, -0.2) is 56.3 Å². The Kier molecular flexibility index (Phi) is 6.54. The molecule has 1 aliphatic rings. The zero-order chi connectivity index (χ0) is 19.4. The summed E-state index contributed by atoms with van der Waals surface area (Å²) < 4.78 is 27.6. The smallest absolute Gasteiger partial charge is 0.243 e. The molecule has 1 amide bonds. The van der Waals surface area contributed by atoms with Crippen LogP contribution in [-0.2, 0) is 14.8 Å². The van der Waals surface area contributed by atoms with E-state index in [0.717, 1.165) is 4.47 Å². The molecular formula is C18H19BrClN3O3S. The van der Waals surface area contributed by atoms with Crippen molar-refractivity contribution in [1.29, 1.82) is 0 Å². The number of nitrogens with zero attached hydrogens (tertiary/aromatic N) is 2. The Bertz CT molecular complexity index is 917. The third-order valence-corrected chi connectivity index (χ3v) is 7.00. The van der Waals surface area contributed by atoms with Crippen molar-refractivity contribution in [2.45, 2.75) is 4.90 Å². The lowest BCUT2D eigenvalue weighted by molar-refractivity contribution is -0.117. The van der Waals surface area contributed by atoms with E-state index in [1.54, 1.807) is 48.5 Å². The van der Waals surface area contributed by atoms with Crippen LogP contribution >= 0.6 is 27.5 Å². The van der Waals surface area contributed by atoms with Crippen molar-refractivity contribution >= 4 is 49.1 Å². The average Bonchev–Trinajstić information content (AvgIpc) is 2.65. The van der Waals surface area contributed by atoms with Gasteiger partial charge in [0.05, 0.1) is 22.2 Å². The molecule has 0 bridgehead atoms. The number of carbonyl (C=O) groups excluding carboxylic acids is 1. The molecule has 3 rings (SSSR count). The number of carbonyl (C=O) groups is 1. The van der Waals surface area contributed by atoms with Crippen LogP contribution in [0.2, 0.25) is 5.02 Å². The Morgan fingerprint density at radius 1 is 1.07 bits per heavy atom. The summed E-state index contributed by atoms with van der Waals surface area (Å²) in [6.07, 6.45) is 0. The predicted molar refractivity (Wildman–Crippen MR) is 109 cm³/mol. The van der Waals surface area contributed by atoms with Gasteiger partial charge in [0.2, 0.25) is 15.9 Å². The molecule has 144 valence electrons. The molecule has 0 aliphatic carbocycles. The second-order valence-corrected chi connectivity index (χ2v) is 9.43. The number of piperazine rings is 1. The minimum Gasteiger partial charge on any atom is -0.324 e. The van der Waals surface area contributed by atoms with Gasteiger partial charge in [-0.05, 0) is 30.3 Å². The fraction of sp³-hybridized carbons (Fsp3) is 0.278. The van der Waals surface area contributed by atoms with Crippen molar-refractivity contribution in [3.63, 3.8) is 0 Å². The lowest BCUT2D eigenvalue weighted by atomic mass is 10.3. The summed E-state index contributed by atoms with van der Waals surface area (Å²) >= 11 is 9.43. The van der Waals surface area contributed by atoms with Crippen molar-refractivity contribution in [2.24, 2.45) is 0 Å². The Labute approximate surface area is 172 Å². The molecule has 1 fully saturated rings. The van der Waals surface area contributed by atoms with Crippen LogP contribution in [0.1, 0.15) is 0 Å². The highest BCUT2D eigenvalue weighted by Crippen LogP contribution is 2.25. The van der Waals surface area contributed by atoms with Gasteiger partial charge in [-0.3, -0.25) is 9.69 Å². The summed E-state index contributed by atoms with van der Waals surface area (Å²) in [7, 11) is -3.49. The van der Waals surface area contributed by atoms with Crippen LogP contribution < -0.4 is 5.32 Å². The highest BCUT2D eigenvalue weighted by atomic mass is 79.9. The molecule has 1 saturated heterocycles. The number of halogens is 2. The molecule has 0 aromatic heterocycles. The average molecular weight is 473 g/mol. The first-order valence-electron chi connectivity index (χ1n) is 8.39. The number of benzene rings is 2. The van der Waals surface area contributed by atoms with E-state index in [-0.39, 0.29) is 12.5 Å². The predicted octanol–water partition coefficient (Wildman–Crippen LogP) is 3.05. The topological polar surface area (TPSA) is 69.7 Å². The van der Waals surface area contributed by atoms with E-state index in [4.69, 9.17) is 11.6 Å². The van der Waals surface area contributed by atoms with E-state index in [1.807, 2.05) is 4.90 Å². The maximum absolute atomic E-state index is 12.6. The number of nitrogens with one attached hydrogen (secondary N) is 1. The van der Waals surface area contributed by atoms with Gasteiger partial charge >= 0.3 is 0 Å². The first kappa shape index (κ1) is 20.3. The van der Waals surface area contributed by atoms with Crippen LogP contribution in [0.3, 0.4) is 0 Å². The lowest BCUT2D eigenvalue weighted by Crippen LogP contribution is -2.50. The molecule has 0 spiro atoms. The highest BCUT2D eigenvalue weighted by molar-refractivity contribution is 9.10. The van der Waals surface area contributed by atoms with Crippen molar-refractivity contribution in [3.8, 4) is 0 Å². The van der Waals surface area contributed by atoms with Crippen LogP contribution in [0.15, 0.2) is 57.9 Å². The van der Waals surface area contributed by atoms with Gasteiger partial charge in [0.1, 0.15) is 0 Å². The number of amides is 1. The van der Waals surface area contributed by atoms with E-state index in [1.165, 1.54) is 4.31 Å². The number of rotatable bonds is 5. The van der Waals surface area contributed by atoms with Gasteiger partial charge in [-0.25, -0.2) is 8.42 Å². The second-order valence-electron chi connectivity index (χ2n) is 6.17. The summed E-state index contributed by atoms with van der Waals surface area (Å²) in [5.41, 5.74) is 0.551. The molecule has 1 heterocycles. The number of anilines is 1. The van der Waals surface area contributed by atoms with Gasteiger partial charge in [-0.2, -0.15) is 4.31 Å². The molecule has 0 unspecified atom stereocenters. The quantitative estimate of drug-likeness (QED) is 0.726. The highest BCUT2D eigenvalue weighted by Gasteiger charge is 2.28. The van der Waals surface area contributed by atoms with Gasteiger partial charge in [0.25, 0.3) is 0 Å². The maximum Gasteiger partial charge on any atom is 0.243 e. The van der Waals surface area contributed by atoms with Crippen LogP contribution in [0.4, 0.5) is 5.69 Å². The summed E-state index contributed by atoms with van der Waals surface area (Å²) in [5.74, 6) is -0.182. The van der Waals surface area contributed by atoms with Gasteiger partial charge in [0, 0.05) is 30.7 Å². The third-order valence-electron chi connectivity index (χ3n) is 4.28. The zero-order valence-electron chi connectivity index (χ0n) is 14.4. The van der Waals surface area contributed by atoms with Gasteiger partial charge in [-0.1, -0.05) is 45.7 Å². The Hall–Kier alpha value is -1.45. The van der Waals surface area contributed by atoms with Crippen molar-refractivity contribution in [1.82, 2.24) is 9.21 Å². The van der Waals surface area contributed by atoms with Crippen molar-refractivity contribution in [3.05, 3.63) is 58.0 Å². The SMILES string of the molecule is O=C(CN1CCN(S(=O)(=O)c2ccccc2)CC1)Nc1ccc(Br)cc1Cl. The van der Waals surface area contributed by atoms with Gasteiger partial charge in [0.15, 0.2) is 0 Å². The van der Waals surface area contributed by atoms with Crippen molar-refractivity contribution < 1.29 is 13.2 Å². The van der Waals surface area contributed by atoms with Gasteiger partial charge < -0.3 is 5.32 Å². The van der Waals surface area contributed by atoms with E-state index < -0.39 is 10.0 Å². The largest absolute Gasteiger partial charge is 0.324 e.